The van der Waals surface area contributed by atoms with Crippen LogP contribution >= 0.6 is 0 Å². The number of aliphatic hydroxyl groups is 1. The van der Waals surface area contributed by atoms with Crippen LogP contribution in [0.4, 0.5) is 4.79 Å². The van der Waals surface area contributed by atoms with Crippen LogP contribution in [0.3, 0.4) is 0 Å². The fourth-order valence-electron chi connectivity index (χ4n) is 4.18. The molecule has 168 valence electrons. The van der Waals surface area contributed by atoms with Crippen LogP contribution in [-0.2, 0) is 14.3 Å². The van der Waals surface area contributed by atoms with E-state index < -0.39 is 36.0 Å². The van der Waals surface area contributed by atoms with E-state index in [-0.39, 0.29) is 25.0 Å². The van der Waals surface area contributed by atoms with Gasteiger partial charge in [-0.3, -0.25) is 4.79 Å². The summed E-state index contributed by atoms with van der Waals surface area (Å²) < 4.78 is 5.48. The minimum atomic E-state index is -1.72. The minimum Gasteiger partial charge on any atom is -0.479 e. The predicted octanol–water partition coefficient (Wildman–Crippen LogP) is 2.11. The van der Waals surface area contributed by atoms with Crippen molar-refractivity contribution in [2.75, 3.05) is 19.8 Å². The molecule has 3 atom stereocenters. The molecule has 0 radical (unpaired) electrons. The number of aliphatic hydroxyl groups excluding tert-OH is 1. The average molecular weight is 438 g/mol. The maximum absolute atomic E-state index is 12.3. The molecule has 0 spiro atoms. The summed E-state index contributed by atoms with van der Waals surface area (Å²) in [5.74, 6) is -2.26. The Bertz CT molecular complexity index is 1010. The Hall–Kier alpha value is -3.39. The van der Waals surface area contributed by atoms with E-state index in [1.54, 1.807) is 0 Å². The molecule has 8 nitrogen and oxygen atoms in total. The molecule has 1 fully saturated rings. The number of hydrogen-bond acceptors (Lipinski definition) is 5. The number of carboxylic acids is 1. The quantitative estimate of drug-likeness (QED) is 0.500. The first kappa shape index (κ1) is 21.8. The second kappa shape index (κ2) is 8.63. The smallest absolute Gasteiger partial charge is 0.407 e. The Labute approximate surface area is 185 Å². The van der Waals surface area contributed by atoms with Gasteiger partial charge < -0.3 is 25.6 Å². The largest absolute Gasteiger partial charge is 0.479 e. The molecule has 4 rings (SSSR count). The summed E-state index contributed by atoms with van der Waals surface area (Å²) in [4.78, 5) is 35.7. The van der Waals surface area contributed by atoms with Crippen molar-refractivity contribution in [2.45, 2.75) is 24.8 Å². The topological polar surface area (TPSA) is 125 Å². The number of carbonyl (C=O) groups is 3. The third-order valence-electron chi connectivity index (χ3n) is 6.30. The number of benzene rings is 2. The SMILES string of the molecule is CC(CO)(NC(=O)C1CC1CNC(=O)OCC1c2ccccc2-c2ccccc21)C(=O)O. The molecule has 32 heavy (non-hydrogen) atoms. The van der Waals surface area contributed by atoms with Crippen molar-refractivity contribution in [1.82, 2.24) is 10.6 Å². The first-order valence-electron chi connectivity index (χ1n) is 10.6. The molecule has 0 heterocycles. The second-order valence-electron chi connectivity index (χ2n) is 8.59. The number of alkyl carbamates (subject to hydrolysis) is 1. The van der Waals surface area contributed by atoms with Crippen molar-refractivity contribution >= 4 is 18.0 Å². The number of hydrogen-bond donors (Lipinski definition) is 4. The van der Waals surface area contributed by atoms with Gasteiger partial charge in [0.05, 0.1) is 6.61 Å². The van der Waals surface area contributed by atoms with E-state index in [9.17, 15) is 19.5 Å². The van der Waals surface area contributed by atoms with Gasteiger partial charge in [0.2, 0.25) is 5.91 Å². The van der Waals surface area contributed by atoms with Gasteiger partial charge in [-0.1, -0.05) is 48.5 Å². The lowest BCUT2D eigenvalue weighted by atomic mass is 9.98. The van der Waals surface area contributed by atoms with Crippen LogP contribution in [0.25, 0.3) is 11.1 Å². The lowest BCUT2D eigenvalue weighted by Crippen LogP contribution is -2.55. The summed E-state index contributed by atoms with van der Waals surface area (Å²) >= 11 is 0. The molecule has 2 aromatic carbocycles. The van der Waals surface area contributed by atoms with Gasteiger partial charge in [-0.05, 0) is 41.5 Å². The zero-order valence-electron chi connectivity index (χ0n) is 17.7. The maximum Gasteiger partial charge on any atom is 0.407 e. The zero-order chi connectivity index (χ0) is 22.9. The summed E-state index contributed by atoms with van der Waals surface area (Å²) in [5.41, 5.74) is 2.85. The number of rotatable bonds is 8. The molecule has 2 amide bonds. The molecule has 2 aliphatic carbocycles. The standard InChI is InChI=1S/C24H26N2O6/c1-24(13-27,22(29)30)26-21(28)19-10-14(19)11-25-23(31)32-12-20-17-8-4-2-6-15(17)16-7-3-5-9-18(16)20/h2-9,14,19-20,27H,10-13H2,1H3,(H,25,31)(H,26,28)(H,29,30). The number of nitrogens with one attached hydrogen (secondary N) is 2. The third kappa shape index (κ3) is 4.18. The molecule has 1 saturated carbocycles. The van der Waals surface area contributed by atoms with Gasteiger partial charge in [-0.25, -0.2) is 9.59 Å². The lowest BCUT2D eigenvalue weighted by Gasteiger charge is -2.23. The van der Waals surface area contributed by atoms with Gasteiger partial charge >= 0.3 is 12.1 Å². The first-order chi connectivity index (χ1) is 15.3. The van der Waals surface area contributed by atoms with E-state index in [4.69, 9.17) is 9.84 Å². The Kier molecular flexibility index (Phi) is 5.88. The van der Waals surface area contributed by atoms with Gasteiger partial charge in [0.25, 0.3) is 0 Å². The fourth-order valence-corrected chi connectivity index (χ4v) is 4.18. The van der Waals surface area contributed by atoms with Gasteiger partial charge in [-0.2, -0.15) is 0 Å². The Balaban J connectivity index is 1.27. The molecule has 0 bridgehead atoms. The lowest BCUT2D eigenvalue weighted by molar-refractivity contribution is -0.148. The first-order valence-corrected chi connectivity index (χ1v) is 10.6. The van der Waals surface area contributed by atoms with E-state index in [1.165, 1.54) is 6.92 Å². The highest BCUT2D eigenvalue weighted by Crippen LogP contribution is 2.44. The van der Waals surface area contributed by atoms with Crippen molar-refractivity contribution in [3.05, 3.63) is 59.7 Å². The summed E-state index contributed by atoms with van der Waals surface area (Å²) in [5, 5.41) is 23.5. The predicted molar refractivity (Wildman–Crippen MR) is 116 cm³/mol. The van der Waals surface area contributed by atoms with E-state index in [2.05, 4.69) is 22.8 Å². The number of fused-ring (bicyclic) bond motifs is 3. The molecule has 2 aliphatic rings. The number of amides is 2. The third-order valence-corrected chi connectivity index (χ3v) is 6.30. The number of carboxylic acid groups (broad SMARTS) is 1. The van der Waals surface area contributed by atoms with Gasteiger partial charge in [0, 0.05) is 18.4 Å². The van der Waals surface area contributed by atoms with Crippen LogP contribution in [0.15, 0.2) is 48.5 Å². The van der Waals surface area contributed by atoms with E-state index in [1.807, 2.05) is 36.4 Å². The summed E-state index contributed by atoms with van der Waals surface area (Å²) in [6.45, 7) is 1.02. The Morgan fingerprint density at radius 2 is 1.66 bits per heavy atom. The molecule has 0 aromatic heterocycles. The fraction of sp³-hybridized carbons (Fsp3) is 0.375. The molecule has 3 unspecified atom stereocenters. The highest BCUT2D eigenvalue weighted by Gasteiger charge is 2.46. The van der Waals surface area contributed by atoms with Gasteiger partial charge in [0.1, 0.15) is 6.61 Å². The Morgan fingerprint density at radius 1 is 1.06 bits per heavy atom. The van der Waals surface area contributed by atoms with Crippen LogP contribution in [0.1, 0.15) is 30.4 Å². The normalized spacial score (nSPS) is 20.4. The van der Waals surface area contributed by atoms with Crippen molar-refractivity contribution in [2.24, 2.45) is 11.8 Å². The van der Waals surface area contributed by atoms with Gasteiger partial charge in [0.15, 0.2) is 5.54 Å². The summed E-state index contributed by atoms with van der Waals surface area (Å²) in [6.07, 6.45) is -0.0139. The number of aliphatic carboxylic acids is 1. The molecule has 0 aliphatic heterocycles. The minimum absolute atomic E-state index is 0.0280. The van der Waals surface area contributed by atoms with Crippen LogP contribution in [0.2, 0.25) is 0 Å². The van der Waals surface area contributed by atoms with Crippen LogP contribution in [-0.4, -0.2) is 53.5 Å². The molecule has 4 N–H and O–H groups in total. The van der Waals surface area contributed by atoms with Crippen LogP contribution in [0.5, 0.6) is 0 Å². The van der Waals surface area contributed by atoms with Gasteiger partial charge in [-0.15, -0.1) is 0 Å². The highest BCUT2D eigenvalue weighted by molar-refractivity contribution is 5.89. The number of ether oxygens (including phenoxy) is 1. The molecular formula is C24H26N2O6. The highest BCUT2D eigenvalue weighted by atomic mass is 16.5. The molecule has 0 saturated heterocycles. The van der Waals surface area contributed by atoms with Crippen molar-refractivity contribution < 1.29 is 29.3 Å². The van der Waals surface area contributed by atoms with E-state index in [0.717, 1.165) is 22.3 Å². The van der Waals surface area contributed by atoms with Crippen molar-refractivity contribution in [3.63, 3.8) is 0 Å². The summed E-state index contributed by atoms with van der Waals surface area (Å²) in [7, 11) is 0. The maximum atomic E-state index is 12.3. The van der Waals surface area contributed by atoms with Crippen LogP contribution in [0, 0.1) is 11.8 Å². The molecule has 8 heteroatoms. The Morgan fingerprint density at radius 3 is 2.22 bits per heavy atom. The van der Waals surface area contributed by atoms with Crippen LogP contribution < -0.4 is 10.6 Å². The average Bonchev–Trinajstić information content (AvgIpc) is 3.51. The summed E-state index contributed by atoms with van der Waals surface area (Å²) in [6, 6.07) is 16.2. The molecule has 2 aromatic rings. The van der Waals surface area contributed by atoms with E-state index >= 15 is 0 Å². The second-order valence-corrected chi connectivity index (χ2v) is 8.59. The van der Waals surface area contributed by atoms with Crippen molar-refractivity contribution in [3.8, 4) is 11.1 Å². The number of carbonyl (C=O) groups excluding carboxylic acids is 2. The molecular weight excluding hydrogens is 412 g/mol. The monoisotopic (exact) mass is 438 g/mol. The van der Waals surface area contributed by atoms with E-state index in [0.29, 0.717) is 6.42 Å². The zero-order valence-corrected chi connectivity index (χ0v) is 17.7. The van der Waals surface area contributed by atoms with Crippen molar-refractivity contribution in [1.29, 1.82) is 0 Å².